The van der Waals surface area contributed by atoms with Crippen LogP contribution in [0.15, 0.2) is 70.3 Å². The Labute approximate surface area is 209 Å². The Morgan fingerprint density at radius 2 is 1.69 bits per heavy atom. The number of hydrogen-bond acceptors (Lipinski definition) is 7. The lowest BCUT2D eigenvalue weighted by molar-refractivity contribution is -0.129. The fraction of sp³-hybridized carbons (Fsp3) is 0.280. The number of nitrogens with zero attached hydrogens (tertiary/aromatic N) is 3. The molecule has 0 saturated carbocycles. The van der Waals surface area contributed by atoms with E-state index in [9.17, 15) is 18.0 Å². The summed E-state index contributed by atoms with van der Waals surface area (Å²) in [7, 11) is -1.81. The highest BCUT2D eigenvalue weighted by Gasteiger charge is 2.28. The predicted octanol–water partition coefficient (Wildman–Crippen LogP) is 3.16. The fourth-order valence-corrected chi connectivity index (χ4v) is 5.59. The van der Waals surface area contributed by atoms with Gasteiger partial charge in [0, 0.05) is 43.4 Å². The second-order valence-electron chi connectivity index (χ2n) is 8.21. The molecule has 2 aromatic carbocycles. The van der Waals surface area contributed by atoms with E-state index in [0.29, 0.717) is 48.9 Å². The van der Waals surface area contributed by atoms with Crippen molar-refractivity contribution in [3.05, 3.63) is 70.9 Å². The highest BCUT2D eigenvalue weighted by molar-refractivity contribution is 7.90. The van der Waals surface area contributed by atoms with Gasteiger partial charge in [-0.3, -0.25) is 14.5 Å². The van der Waals surface area contributed by atoms with Crippen LogP contribution in [0.2, 0.25) is 0 Å². The number of amides is 2. The summed E-state index contributed by atoms with van der Waals surface area (Å²) in [6.45, 7) is 1.80. The van der Waals surface area contributed by atoms with Crippen LogP contribution in [0.25, 0.3) is 0 Å². The molecule has 1 aromatic heterocycles. The van der Waals surface area contributed by atoms with Crippen LogP contribution in [0.5, 0.6) is 5.75 Å². The third-order valence-corrected chi connectivity index (χ3v) is 7.75. The number of sulfone groups is 1. The van der Waals surface area contributed by atoms with Crippen LogP contribution in [0.4, 0.5) is 11.4 Å². The third kappa shape index (κ3) is 5.66. The number of carbonyl (C=O) groups is 2. The molecule has 35 heavy (non-hydrogen) atoms. The number of anilines is 2. The van der Waals surface area contributed by atoms with E-state index in [0.717, 1.165) is 0 Å². The molecule has 1 saturated heterocycles. The van der Waals surface area contributed by atoms with E-state index in [4.69, 9.17) is 4.74 Å². The number of piperazine rings is 1. The van der Waals surface area contributed by atoms with Crippen LogP contribution in [0, 0.1) is 0 Å². The van der Waals surface area contributed by atoms with Crippen molar-refractivity contribution in [2.75, 3.05) is 55.9 Å². The van der Waals surface area contributed by atoms with Gasteiger partial charge in [0.2, 0.25) is 5.91 Å². The van der Waals surface area contributed by atoms with Gasteiger partial charge >= 0.3 is 0 Å². The first-order valence-corrected chi connectivity index (χ1v) is 13.9. The molecule has 0 spiro atoms. The fourth-order valence-electron chi connectivity index (χ4n) is 4.04. The SMILES string of the molecule is COc1ccc(C(=O)N(CC(=O)N2CCN(c3ccccc3S(C)(=O)=O)CC2)c2ccsc2)cc1. The van der Waals surface area contributed by atoms with Crippen molar-refractivity contribution in [2.24, 2.45) is 0 Å². The Kier molecular flexibility index (Phi) is 7.42. The van der Waals surface area contributed by atoms with Crippen LogP contribution in [-0.4, -0.2) is 71.2 Å². The van der Waals surface area contributed by atoms with Crippen molar-refractivity contribution in [1.29, 1.82) is 0 Å². The van der Waals surface area contributed by atoms with Gasteiger partial charge in [0.1, 0.15) is 12.3 Å². The van der Waals surface area contributed by atoms with Crippen molar-refractivity contribution in [3.8, 4) is 5.75 Å². The van der Waals surface area contributed by atoms with Crippen molar-refractivity contribution >= 4 is 44.4 Å². The maximum Gasteiger partial charge on any atom is 0.258 e. The molecule has 1 fully saturated rings. The smallest absolute Gasteiger partial charge is 0.258 e. The molecule has 0 N–H and O–H groups in total. The van der Waals surface area contributed by atoms with E-state index >= 15 is 0 Å². The number of thiophene rings is 1. The quantitative estimate of drug-likeness (QED) is 0.482. The third-order valence-electron chi connectivity index (χ3n) is 5.93. The summed E-state index contributed by atoms with van der Waals surface area (Å²) in [5, 5.41) is 3.71. The van der Waals surface area contributed by atoms with Crippen LogP contribution >= 0.6 is 11.3 Å². The number of ether oxygens (including phenoxy) is 1. The van der Waals surface area contributed by atoms with E-state index in [1.165, 1.54) is 22.5 Å². The van der Waals surface area contributed by atoms with E-state index in [2.05, 4.69) is 0 Å². The van der Waals surface area contributed by atoms with Gasteiger partial charge in [-0.05, 0) is 47.8 Å². The maximum absolute atomic E-state index is 13.3. The van der Waals surface area contributed by atoms with Gasteiger partial charge in [-0.15, -0.1) is 0 Å². The molecule has 10 heteroatoms. The number of hydrogen-bond donors (Lipinski definition) is 0. The highest BCUT2D eigenvalue weighted by atomic mass is 32.2. The first-order valence-electron chi connectivity index (χ1n) is 11.1. The van der Waals surface area contributed by atoms with Gasteiger partial charge in [-0.1, -0.05) is 12.1 Å². The second-order valence-corrected chi connectivity index (χ2v) is 11.0. The second kappa shape index (κ2) is 10.5. The number of carbonyl (C=O) groups excluding carboxylic acids is 2. The van der Waals surface area contributed by atoms with Gasteiger partial charge < -0.3 is 14.5 Å². The molecule has 0 radical (unpaired) electrons. The molecule has 0 aliphatic carbocycles. The standard InChI is InChI=1S/C25H27N3O5S2/c1-33-21-9-7-19(8-10-21)25(30)28(20-11-16-34-18-20)17-24(29)27-14-12-26(13-15-27)22-5-3-4-6-23(22)35(2,31)32/h3-11,16,18H,12-15,17H2,1-2H3. The molecule has 1 aliphatic rings. The summed E-state index contributed by atoms with van der Waals surface area (Å²) >= 11 is 1.46. The Morgan fingerprint density at radius 1 is 1.00 bits per heavy atom. The van der Waals surface area contributed by atoms with Gasteiger partial charge in [0.15, 0.2) is 9.84 Å². The molecular formula is C25H27N3O5S2. The first kappa shape index (κ1) is 24.7. The summed E-state index contributed by atoms with van der Waals surface area (Å²) in [4.78, 5) is 32.0. The van der Waals surface area contributed by atoms with E-state index in [1.54, 1.807) is 54.5 Å². The first-order chi connectivity index (χ1) is 16.8. The zero-order chi connectivity index (χ0) is 25.0. The monoisotopic (exact) mass is 513 g/mol. The largest absolute Gasteiger partial charge is 0.497 e. The minimum absolute atomic E-state index is 0.0818. The average molecular weight is 514 g/mol. The molecule has 8 nitrogen and oxygen atoms in total. The normalized spacial score (nSPS) is 14.0. The maximum atomic E-state index is 13.3. The van der Waals surface area contributed by atoms with E-state index in [-0.39, 0.29) is 23.3 Å². The molecule has 1 aliphatic heterocycles. The zero-order valence-corrected chi connectivity index (χ0v) is 21.2. The molecule has 4 rings (SSSR count). The highest BCUT2D eigenvalue weighted by Crippen LogP contribution is 2.26. The average Bonchev–Trinajstić information content (AvgIpc) is 3.41. The minimum Gasteiger partial charge on any atom is -0.497 e. The van der Waals surface area contributed by atoms with Crippen LogP contribution < -0.4 is 14.5 Å². The summed E-state index contributed by atoms with van der Waals surface area (Å²) in [5.74, 6) is 0.226. The van der Waals surface area contributed by atoms with Crippen molar-refractivity contribution in [2.45, 2.75) is 4.90 Å². The Balaban J connectivity index is 1.46. The minimum atomic E-state index is -3.37. The molecule has 0 unspecified atom stereocenters. The van der Waals surface area contributed by atoms with E-state index in [1.807, 2.05) is 27.8 Å². The molecule has 2 amide bonds. The zero-order valence-electron chi connectivity index (χ0n) is 19.6. The van der Waals surface area contributed by atoms with Gasteiger partial charge in [-0.25, -0.2) is 8.42 Å². The van der Waals surface area contributed by atoms with Crippen molar-refractivity contribution < 1.29 is 22.7 Å². The number of para-hydroxylation sites is 1. The molecular weight excluding hydrogens is 486 g/mol. The summed E-state index contributed by atoms with van der Waals surface area (Å²) in [6, 6.07) is 15.5. The van der Waals surface area contributed by atoms with Crippen LogP contribution in [0.1, 0.15) is 10.4 Å². The Hall–Kier alpha value is -3.37. The van der Waals surface area contributed by atoms with Crippen LogP contribution in [0.3, 0.4) is 0 Å². The number of methoxy groups -OCH3 is 1. The lowest BCUT2D eigenvalue weighted by Gasteiger charge is -2.37. The summed E-state index contributed by atoms with van der Waals surface area (Å²) in [6.07, 6.45) is 1.20. The van der Waals surface area contributed by atoms with Crippen molar-refractivity contribution in [1.82, 2.24) is 4.90 Å². The topological polar surface area (TPSA) is 87.2 Å². The lowest BCUT2D eigenvalue weighted by atomic mass is 10.1. The summed E-state index contributed by atoms with van der Waals surface area (Å²) in [5.41, 5.74) is 1.79. The molecule has 0 atom stereocenters. The molecule has 2 heterocycles. The molecule has 0 bridgehead atoms. The Morgan fingerprint density at radius 3 is 2.29 bits per heavy atom. The number of benzene rings is 2. The Bertz CT molecular complexity index is 1280. The lowest BCUT2D eigenvalue weighted by Crippen LogP contribution is -2.52. The molecule has 184 valence electrons. The molecule has 3 aromatic rings. The van der Waals surface area contributed by atoms with Gasteiger partial charge in [-0.2, -0.15) is 11.3 Å². The van der Waals surface area contributed by atoms with Crippen LogP contribution in [-0.2, 0) is 14.6 Å². The van der Waals surface area contributed by atoms with Gasteiger partial charge in [0.05, 0.1) is 23.4 Å². The summed E-state index contributed by atoms with van der Waals surface area (Å²) < 4.78 is 29.5. The van der Waals surface area contributed by atoms with E-state index < -0.39 is 9.84 Å². The van der Waals surface area contributed by atoms with Gasteiger partial charge in [0.25, 0.3) is 5.91 Å². The number of rotatable bonds is 7. The van der Waals surface area contributed by atoms with Crippen molar-refractivity contribution in [3.63, 3.8) is 0 Å². The predicted molar refractivity (Wildman–Crippen MR) is 137 cm³/mol.